The van der Waals surface area contributed by atoms with Crippen LogP contribution < -0.4 is 10.1 Å². The molecule has 0 spiro atoms. The van der Waals surface area contributed by atoms with Crippen LogP contribution in [0.5, 0.6) is 5.75 Å². The highest BCUT2D eigenvalue weighted by molar-refractivity contribution is 6.10. The van der Waals surface area contributed by atoms with E-state index in [0.717, 1.165) is 11.1 Å². The lowest BCUT2D eigenvalue weighted by Gasteiger charge is -2.11. The summed E-state index contributed by atoms with van der Waals surface area (Å²) < 4.78 is 19.3. The number of carbonyl (C=O) groups excluding carboxylic acids is 1. The van der Waals surface area contributed by atoms with Crippen molar-refractivity contribution in [2.24, 2.45) is 0 Å². The first-order valence-electron chi connectivity index (χ1n) is 9.43. The van der Waals surface area contributed by atoms with Crippen LogP contribution in [0.25, 0.3) is 6.08 Å². The van der Waals surface area contributed by atoms with Crippen molar-refractivity contribution >= 4 is 17.7 Å². The number of para-hydroxylation sites is 1. The first kappa shape index (κ1) is 20.8. The molecule has 0 heterocycles. The molecule has 4 nitrogen and oxygen atoms in total. The average molecular weight is 400 g/mol. The van der Waals surface area contributed by atoms with Gasteiger partial charge in [0.15, 0.2) is 0 Å². The zero-order chi connectivity index (χ0) is 21.5. The monoisotopic (exact) mass is 400 g/mol. The van der Waals surface area contributed by atoms with Gasteiger partial charge in [0, 0.05) is 11.3 Å². The molecule has 0 saturated heterocycles. The van der Waals surface area contributed by atoms with Crippen molar-refractivity contribution in [2.75, 3.05) is 5.32 Å². The molecule has 0 aromatic heterocycles. The van der Waals surface area contributed by atoms with E-state index < -0.39 is 5.91 Å². The summed E-state index contributed by atoms with van der Waals surface area (Å²) in [6.45, 7) is 3.92. The Kier molecular flexibility index (Phi) is 6.61. The van der Waals surface area contributed by atoms with Crippen molar-refractivity contribution in [3.63, 3.8) is 0 Å². The molecule has 0 saturated carbocycles. The zero-order valence-corrected chi connectivity index (χ0v) is 16.8. The molecule has 3 aromatic carbocycles. The molecule has 30 heavy (non-hydrogen) atoms. The lowest BCUT2D eigenvalue weighted by atomic mass is 10.1. The molecule has 3 rings (SSSR count). The number of ether oxygens (including phenoxy) is 1. The fourth-order valence-corrected chi connectivity index (χ4v) is 2.94. The van der Waals surface area contributed by atoms with Crippen LogP contribution in [0.1, 0.15) is 22.3 Å². The smallest absolute Gasteiger partial charge is 0.266 e. The van der Waals surface area contributed by atoms with E-state index in [1.807, 2.05) is 38.1 Å². The number of halogens is 1. The quantitative estimate of drug-likeness (QED) is 0.435. The SMILES string of the molecule is Cc1cccc(C)c1NC(=O)/C(C#N)=C/c1ccc(OCc2ccccc2F)cc1. The van der Waals surface area contributed by atoms with E-state index in [0.29, 0.717) is 22.6 Å². The highest BCUT2D eigenvalue weighted by atomic mass is 19.1. The predicted molar refractivity (Wildman–Crippen MR) is 115 cm³/mol. The number of hydrogen-bond acceptors (Lipinski definition) is 3. The largest absolute Gasteiger partial charge is 0.489 e. The molecular weight excluding hydrogens is 379 g/mol. The molecule has 0 aliphatic rings. The Bertz CT molecular complexity index is 1110. The Morgan fingerprint density at radius 3 is 2.33 bits per heavy atom. The Morgan fingerprint density at radius 1 is 1.03 bits per heavy atom. The van der Waals surface area contributed by atoms with Gasteiger partial charge in [-0.2, -0.15) is 5.26 Å². The number of anilines is 1. The van der Waals surface area contributed by atoms with Gasteiger partial charge in [-0.15, -0.1) is 0 Å². The third-order valence-electron chi connectivity index (χ3n) is 4.63. The van der Waals surface area contributed by atoms with Crippen molar-refractivity contribution in [3.05, 3.63) is 100 Å². The summed E-state index contributed by atoms with van der Waals surface area (Å²) in [7, 11) is 0. The summed E-state index contributed by atoms with van der Waals surface area (Å²) in [5.74, 6) is -0.214. The first-order valence-corrected chi connectivity index (χ1v) is 9.43. The van der Waals surface area contributed by atoms with Gasteiger partial charge < -0.3 is 10.1 Å². The van der Waals surface area contributed by atoms with Gasteiger partial charge in [0.2, 0.25) is 0 Å². The number of aryl methyl sites for hydroxylation is 2. The van der Waals surface area contributed by atoms with E-state index in [4.69, 9.17) is 4.74 Å². The molecule has 1 amide bonds. The van der Waals surface area contributed by atoms with E-state index in [-0.39, 0.29) is 18.0 Å². The molecule has 0 bridgehead atoms. The lowest BCUT2D eigenvalue weighted by Crippen LogP contribution is -2.15. The zero-order valence-electron chi connectivity index (χ0n) is 16.8. The van der Waals surface area contributed by atoms with Crippen LogP contribution in [0.4, 0.5) is 10.1 Å². The summed E-state index contributed by atoms with van der Waals surface area (Å²) in [5, 5.41) is 12.2. The van der Waals surface area contributed by atoms with E-state index in [1.54, 1.807) is 42.5 Å². The van der Waals surface area contributed by atoms with Gasteiger partial charge in [-0.1, -0.05) is 48.5 Å². The second kappa shape index (κ2) is 9.53. The summed E-state index contributed by atoms with van der Waals surface area (Å²) in [6.07, 6.45) is 1.52. The number of nitrogens with one attached hydrogen (secondary N) is 1. The summed E-state index contributed by atoms with van der Waals surface area (Å²) in [4.78, 5) is 12.5. The highest BCUT2D eigenvalue weighted by Crippen LogP contribution is 2.21. The minimum absolute atomic E-state index is 0.00215. The van der Waals surface area contributed by atoms with Gasteiger partial charge in [-0.25, -0.2) is 4.39 Å². The third kappa shape index (κ3) is 5.12. The van der Waals surface area contributed by atoms with Gasteiger partial charge in [-0.05, 0) is 54.8 Å². The van der Waals surface area contributed by atoms with Crippen LogP contribution in [0, 0.1) is 31.0 Å². The molecular formula is C25H21FN2O2. The second-order valence-electron chi connectivity index (χ2n) is 6.84. The minimum Gasteiger partial charge on any atom is -0.489 e. The number of hydrogen-bond donors (Lipinski definition) is 1. The standard InChI is InChI=1S/C25H21FN2O2/c1-17-6-5-7-18(2)24(17)28-25(29)21(15-27)14-19-10-12-22(13-11-19)30-16-20-8-3-4-9-23(20)26/h3-14H,16H2,1-2H3,(H,28,29)/b21-14+. The van der Waals surface area contributed by atoms with Crippen LogP contribution in [-0.2, 0) is 11.4 Å². The van der Waals surface area contributed by atoms with Crippen molar-refractivity contribution < 1.29 is 13.9 Å². The highest BCUT2D eigenvalue weighted by Gasteiger charge is 2.12. The van der Waals surface area contributed by atoms with Gasteiger partial charge in [-0.3, -0.25) is 4.79 Å². The Labute approximate surface area is 175 Å². The van der Waals surface area contributed by atoms with Gasteiger partial charge in [0.05, 0.1) is 0 Å². The maximum atomic E-state index is 13.7. The van der Waals surface area contributed by atoms with Crippen LogP contribution in [0.15, 0.2) is 72.3 Å². The normalized spacial score (nSPS) is 10.9. The van der Waals surface area contributed by atoms with Crippen molar-refractivity contribution in [2.45, 2.75) is 20.5 Å². The van der Waals surface area contributed by atoms with E-state index in [9.17, 15) is 14.4 Å². The fourth-order valence-electron chi connectivity index (χ4n) is 2.94. The molecule has 0 aliphatic heterocycles. The fraction of sp³-hybridized carbons (Fsp3) is 0.120. The third-order valence-corrected chi connectivity index (χ3v) is 4.63. The average Bonchev–Trinajstić information content (AvgIpc) is 2.75. The number of carbonyl (C=O) groups is 1. The Hall–Kier alpha value is -3.91. The Balaban J connectivity index is 1.69. The molecule has 3 aromatic rings. The summed E-state index contributed by atoms with van der Waals surface area (Å²) >= 11 is 0. The van der Waals surface area contributed by atoms with Crippen molar-refractivity contribution in [3.8, 4) is 11.8 Å². The number of rotatable bonds is 6. The molecule has 0 atom stereocenters. The van der Waals surface area contributed by atoms with Gasteiger partial charge >= 0.3 is 0 Å². The second-order valence-corrected chi connectivity index (χ2v) is 6.84. The topological polar surface area (TPSA) is 62.1 Å². The van der Waals surface area contributed by atoms with Crippen LogP contribution in [0.2, 0.25) is 0 Å². The molecule has 150 valence electrons. The molecule has 0 fully saturated rings. The molecule has 0 aliphatic carbocycles. The van der Waals surface area contributed by atoms with Crippen LogP contribution in [-0.4, -0.2) is 5.91 Å². The summed E-state index contributed by atoms with van der Waals surface area (Å²) in [5.41, 5.74) is 3.71. The minimum atomic E-state index is -0.463. The predicted octanol–water partition coefficient (Wildman–Crippen LogP) is 5.57. The maximum absolute atomic E-state index is 13.7. The summed E-state index contributed by atoms with van der Waals surface area (Å²) in [6, 6.07) is 21.0. The van der Waals surface area contributed by atoms with Crippen LogP contribution >= 0.6 is 0 Å². The Morgan fingerprint density at radius 2 is 1.70 bits per heavy atom. The molecule has 0 radical (unpaired) electrons. The van der Waals surface area contributed by atoms with Crippen molar-refractivity contribution in [1.29, 1.82) is 5.26 Å². The van der Waals surface area contributed by atoms with Crippen LogP contribution in [0.3, 0.4) is 0 Å². The number of nitriles is 1. The number of benzene rings is 3. The molecule has 0 unspecified atom stereocenters. The maximum Gasteiger partial charge on any atom is 0.266 e. The van der Waals surface area contributed by atoms with E-state index in [1.165, 1.54) is 12.1 Å². The van der Waals surface area contributed by atoms with Gasteiger partial charge in [0.25, 0.3) is 5.91 Å². The number of nitrogens with zero attached hydrogens (tertiary/aromatic N) is 1. The molecule has 1 N–H and O–H groups in total. The van der Waals surface area contributed by atoms with Gasteiger partial charge in [0.1, 0.15) is 29.8 Å². The lowest BCUT2D eigenvalue weighted by molar-refractivity contribution is -0.112. The first-order chi connectivity index (χ1) is 14.5. The number of amides is 1. The van der Waals surface area contributed by atoms with E-state index in [2.05, 4.69) is 5.32 Å². The molecule has 5 heteroatoms. The van der Waals surface area contributed by atoms with Crippen molar-refractivity contribution in [1.82, 2.24) is 0 Å². The van der Waals surface area contributed by atoms with E-state index >= 15 is 0 Å².